The van der Waals surface area contributed by atoms with Crippen molar-refractivity contribution in [3.8, 4) is 45.3 Å². The number of aryl methyl sites for hydroxylation is 3. The first-order valence-corrected chi connectivity index (χ1v) is 46.8. The molecule has 0 saturated heterocycles. The normalized spacial score (nSPS) is 23.3. The van der Waals surface area contributed by atoms with E-state index in [9.17, 15) is 26.3 Å². The van der Waals surface area contributed by atoms with Crippen LogP contribution in [0.1, 0.15) is 344 Å². The minimum Gasteiger partial charge on any atom is -0.491 e. The van der Waals surface area contributed by atoms with Crippen LogP contribution in [0.5, 0.6) is 23.0 Å². The Morgan fingerprint density at radius 2 is 0.612 bits per heavy atom. The molecule has 0 N–H and O–H groups in total. The summed E-state index contributed by atoms with van der Waals surface area (Å²) in [5.41, 5.74) is 11.2. The fraction of sp³-hybridized carbons (Fsp3) is 0.604. The van der Waals surface area contributed by atoms with E-state index >= 15 is 0 Å². The highest BCUT2D eigenvalue weighted by Gasteiger charge is 2.35. The second-order valence-electron chi connectivity index (χ2n) is 35.7. The highest BCUT2D eigenvalue weighted by atomic mass is 19.2. The van der Waals surface area contributed by atoms with Crippen molar-refractivity contribution in [3.63, 3.8) is 0 Å². The highest BCUT2D eigenvalue weighted by Crippen LogP contribution is 2.48. The second kappa shape index (κ2) is 50.4. The molecule has 6 aliphatic rings. The first kappa shape index (κ1) is 93.2. The molecule has 6 aliphatic carbocycles. The number of rotatable bonds is 30. The Morgan fingerprint density at radius 3 is 1.06 bits per heavy atom. The molecule has 13 rings (SSSR count). The lowest BCUT2D eigenvalue weighted by Crippen LogP contribution is -2.25. The molecular weight excluding hydrogens is 1450 g/mol. The average Bonchev–Trinajstić information content (AvgIpc) is 0.812. The maximum Gasteiger partial charge on any atom is 0.204 e. The van der Waals surface area contributed by atoms with E-state index in [4.69, 9.17) is 18.9 Å². The van der Waals surface area contributed by atoms with Crippen LogP contribution >= 0.6 is 0 Å². The number of hydrogen-bond donors (Lipinski definition) is 0. The molecule has 4 nitrogen and oxygen atoms in total. The molecule has 6 fully saturated rings. The van der Waals surface area contributed by atoms with E-state index in [2.05, 4.69) is 133 Å². The molecule has 7 aromatic carbocycles. The van der Waals surface area contributed by atoms with E-state index in [-0.39, 0.29) is 28.9 Å². The molecule has 0 aromatic heterocycles. The van der Waals surface area contributed by atoms with Crippen LogP contribution in [0.15, 0.2) is 133 Å². The zero-order valence-corrected chi connectivity index (χ0v) is 73.2. The minimum atomic E-state index is -0.967. The summed E-state index contributed by atoms with van der Waals surface area (Å²) in [4.78, 5) is 0. The van der Waals surface area contributed by atoms with Gasteiger partial charge < -0.3 is 18.9 Å². The summed E-state index contributed by atoms with van der Waals surface area (Å²) in [6.07, 6.45) is 49.2. The monoisotopic (exact) mass is 1600 g/mol. The third kappa shape index (κ3) is 28.8. The van der Waals surface area contributed by atoms with Crippen LogP contribution in [0.4, 0.5) is 26.3 Å². The fourth-order valence-corrected chi connectivity index (χ4v) is 20.2. The van der Waals surface area contributed by atoms with E-state index in [1.165, 1.54) is 257 Å². The Kier molecular flexibility index (Phi) is 40.5. The standard InChI is InChI=1S/C25H32F2O.C23H34F2O.C22H34.C18H26F2O2.C18H22/c1-3-5-17-28-23-16-15-22(24(26)25(23)27)21-13-11-20(12-14-21)19-9-7-18(6-4-2)8-10-19;1-3-5-16-6-8-17(9-7-16)18-10-12-19(13-11-18)20-14-15-21(26-4-2)23(25)22(20)24;1-3-4-18-7-11-20(12-8-18)22-15-13-21(14-16-22)19-9-5-17(2)6-10-19;1-3-5-13-6-8-14(9-7-13)12-22-16-11-10-15(21-4-2)17(19)18(16)20;1-3-4-5-6-16-9-13-18(14-10-16)17-11-7-15(2)8-12-17/h11-16,18-19H,3-10,17H2,1-2H3;14-19H,3-13H2,1-2H3;5-6,9-10,18,20-22H,3-4,7-8,11-16H2,1-2H3;10-11,13-14H,3-9,12H2,1-2H3;7-14H,3-6H2,1-2H3. The Bertz CT molecular complexity index is 3840. The number of benzene rings is 7. The van der Waals surface area contributed by atoms with Crippen molar-refractivity contribution >= 4 is 0 Å². The molecule has 0 heterocycles. The predicted molar refractivity (Wildman–Crippen MR) is 474 cm³/mol. The highest BCUT2D eigenvalue weighted by molar-refractivity contribution is 5.66. The van der Waals surface area contributed by atoms with Gasteiger partial charge in [0.05, 0.1) is 26.4 Å². The van der Waals surface area contributed by atoms with Gasteiger partial charge in [0, 0.05) is 5.56 Å². The van der Waals surface area contributed by atoms with Gasteiger partial charge in [-0.05, 0) is 303 Å². The van der Waals surface area contributed by atoms with Crippen molar-refractivity contribution in [2.24, 2.45) is 53.3 Å². The van der Waals surface area contributed by atoms with Gasteiger partial charge in [0.15, 0.2) is 34.6 Å². The summed E-state index contributed by atoms with van der Waals surface area (Å²) < 4.78 is 106. The van der Waals surface area contributed by atoms with Crippen molar-refractivity contribution in [1.29, 1.82) is 0 Å². The molecule has 0 bridgehead atoms. The van der Waals surface area contributed by atoms with Gasteiger partial charge in [-0.3, -0.25) is 0 Å². The van der Waals surface area contributed by atoms with Gasteiger partial charge in [-0.15, -0.1) is 0 Å². The maximum atomic E-state index is 14.6. The van der Waals surface area contributed by atoms with Crippen LogP contribution in [0.2, 0.25) is 0 Å². The van der Waals surface area contributed by atoms with Crippen LogP contribution in [-0.2, 0) is 6.42 Å². The first-order chi connectivity index (χ1) is 56.5. The zero-order chi connectivity index (χ0) is 82.6. The van der Waals surface area contributed by atoms with Gasteiger partial charge >= 0.3 is 0 Å². The van der Waals surface area contributed by atoms with E-state index in [1.807, 2.05) is 19.1 Å². The van der Waals surface area contributed by atoms with Crippen LogP contribution in [0.3, 0.4) is 0 Å². The van der Waals surface area contributed by atoms with Crippen molar-refractivity contribution in [2.75, 3.05) is 26.4 Å². The summed E-state index contributed by atoms with van der Waals surface area (Å²) in [5, 5.41) is 0. The lowest BCUT2D eigenvalue weighted by molar-refractivity contribution is 0.155. The predicted octanol–water partition coefficient (Wildman–Crippen LogP) is 32.7. The molecule has 10 heteroatoms. The summed E-state index contributed by atoms with van der Waals surface area (Å²) in [7, 11) is 0. The second-order valence-corrected chi connectivity index (χ2v) is 35.7. The van der Waals surface area contributed by atoms with Crippen LogP contribution < -0.4 is 18.9 Å². The van der Waals surface area contributed by atoms with Crippen molar-refractivity contribution in [2.45, 2.75) is 331 Å². The molecule has 0 spiro atoms. The molecule has 0 radical (unpaired) electrons. The third-order valence-electron chi connectivity index (χ3n) is 27.3. The Labute approximate surface area is 699 Å². The van der Waals surface area contributed by atoms with Crippen molar-refractivity contribution in [3.05, 3.63) is 202 Å². The Hall–Kier alpha value is -6.68. The van der Waals surface area contributed by atoms with Gasteiger partial charge in [0.1, 0.15) is 0 Å². The SMILES string of the molecule is CCCC1CCC(C2CCC(c3ccc(C)cc3)CC2)CC1.CCCC1CCC(C2CCC(c3ccc(OCC)c(F)c3F)CC2)CC1.CCCC1CCC(COc2ccc(OCC)c(F)c2F)CC1.CCCCCc1ccc(-c2ccc(C)cc2)cc1.CCCCOc1ccc(-c2ccc(C3CCC(CCC)CC3)cc2)c(F)c1F. The summed E-state index contributed by atoms with van der Waals surface area (Å²) in [6.45, 7) is 22.7. The first-order valence-electron chi connectivity index (χ1n) is 46.8. The van der Waals surface area contributed by atoms with E-state index in [1.54, 1.807) is 37.6 Å². The quantitative estimate of drug-likeness (QED) is 0.0332. The molecule has 0 amide bonds. The Balaban J connectivity index is 0.000000167. The van der Waals surface area contributed by atoms with E-state index in [0.29, 0.717) is 55.0 Å². The number of ether oxygens (including phenoxy) is 4. The topological polar surface area (TPSA) is 36.9 Å². The molecule has 6 saturated carbocycles. The van der Waals surface area contributed by atoms with Gasteiger partial charge in [-0.25, -0.2) is 8.78 Å². The molecule has 116 heavy (non-hydrogen) atoms. The number of hydrogen-bond acceptors (Lipinski definition) is 4. The average molecular weight is 1600 g/mol. The summed E-state index contributed by atoms with van der Waals surface area (Å²) in [5.74, 6) is 4.33. The summed E-state index contributed by atoms with van der Waals surface area (Å²) >= 11 is 0. The van der Waals surface area contributed by atoms with E-state index in [0.717, 1.165) is 91.8 Å². The number of unbranched alkanes of at least 4 members (excludes halogenated alkanes) is 3. The van der Waals surface area contributed by atoms with E-state index < -0.39 is 34.9 Å². The number of halogens is 6. The molecular formula is C106H148F6O4. The van der Waals surface area contributed by atoms with Crippen LogP contribution in [-0.4, -0.2) is 26.4 Å². The van der Waals surface area contributed by atoms with Gasteiger partial charge in [-0.2, -0.15) is 17.6 Å². The smallest absolute Gasteiger partial charge is 0.204 e. The molecule has 0 unspecified atom stereocenters. The van der Waals surface area contributed by atoms with Crippen LogP contribution in [0.25, 0.3) is 22.3 Å². The zero-order valence-electron chi connectivity index (χ0n) is 73.2. The minimum absolute atomic E-state index is 0.00448. The maximum absolute atomic E-state index is 14.6. The van der Waals surface area contributed by atoms with Gasteiger partial charge in [-0.1, -0.05) is 265 Å². The molecule has 7 aromatic rings. The van der Waals surface area contributed by atoms with Crippen molar-refractivity contribution < 1.29 is 45.3 Å². The van der Waals surface area contributed by atoms with Gasteiger partial charge in [0.2, 0.25) is 23.3 Å². The lowest BCUT2D eigenvalue weighted by Gasteiger charge is -2.38. The van der Waals surface area contributed by atoms with Crippen LogP contribution in [0, 0.1) is 102 Å². The lowest BCUT2D eigenvalue weighted by atomic mass is 9.68. The largest absolute Gasteiger partial charge is 0.491 e. The fourth-order valence-electron chi connectivity index (χ4n) is 20.2. The Morgan fingerprint density at radius 1 is 0.276 bits per heavy atom. The van der Waals surface area contributed by atoms with Gasteiger partial charge in [0.25, 0.3) is 0 Å². The molecule has 638 valence electrons. The summed E-state index contributed by atoms with van der Waals surface area (Å²) in [6, 6.07) is 44.4. The molecule has 0 aliphatic heterocycles. The molecule has 0 atom stereocenters. The van der Waals surface area contributed by atoms with Crippen molar-refractivity contribution in [1.82, 2.24) is 0 Å². The third-order valence-corrected chi connectivity index (χ3v) is 27.3.